The zero-order chi connectivity index (χ0) is 17.3. The molecule has 3 rings (SSSR count). The maximum Gasteiger partial charge on any atom is 0.416 e. The average molecular weight is 358 g/mol. The number of benzene rings is 1. The van der Waals surface area contributed by atoms with Crippen LogP contribution in [0.25, 0.3) is 5.69 Å². The van der Waals surface area contributed by atoms with E-state index >= 15 is 0 Å². The highest BCUT2D eigenvalue weighted by Gasteiger charge is 2.35. The number of hydrogen-bond acceptors (Lipinski definition) is 6. The molecule has 0 aliphatic carbocycles. The van der Waals surface area contributed by atoms with Gasteiger partial charge in [-0.1, -0.05) is 6.07 Å². The smallest absolute Gasteiger partial charge is 0.416 e. The third kappa shape index (κ3) is 3.13. The number of ether oxygens (including phenoxy) is 1. The second-order valence-corrected chi connectivity index (χ2v) is 4.99. The van der Waals surface area contributed by atoms with Gasteiger partial charge in [-0.2, -0.15) is 17.9 Å². The zero-order valence-corrected chi connectivity index (χ0v) is 12.6. The SMILES string of the molecule is O=c1[nH]nnn1-c1cccc(C(F)(F)F)c1COc1ccn(S)n1. The van der Waals surface area contributed by atoms with Crippen molar-refractivity contribution in [2.24, 2.45) is 0 Å². The molecular weight excluding hydrogens is 349 g/mol. The Balaban J connectivity index is 2.06. The van der Waals surface area contributed by atoms with Crippen LogP contribution in [0.15, 0.2) is 35.3 Å². The minimum Gasteiger partial charge on any atom is -0.472 e. The first-order chi connectivity index (χ1) is 11.4. The lowest BCUT2D eigenvalue weighted by atomic mass is 10.1. The van der Waals surface area contributed by atoms with Gasteiger partial charge in [-0.05, 0) is 35.4 Å². The summed E-state index contributed by atoms with van der Waals surface area (Å²) in [5, 5.41) is 12.6. The quantitative estimate of drug-likeness (QED) is 0.689. The summed E-state index contributed by atoms with van der Waals surface area (Å²) in [5.74, 6) is 0.0837. The summed E-state index contributed by atoms with van der Waals surface area (Å²) < 4.78 is 47.0. The predicted molar refractivity (Wildman–Crippen MR) is 77.9 cm³/mol. The van der Waals surface area contributed by atoms with Gasteiger partial charge in [-0.15, -0.1) is 5.10 Å². The van der Waals surface area contributed by atoms with E-state index in [-0.39, 0.29) is 17.1 Å². The van der Waals surface area contributed by atoms with Crippen molar-refractivity contribution >= 4 is 12.8 Å². The van der Waals surface area contributed by atoms with Gasteiger partial charge in [0.25, 0.3) is 0 Å². The molecule has 0 atom stereocenters. The Morgan fingerprint density at radius 3 is 2.67 bits per heavy atom. The summed E-state index contributed by atoms with van der Waals surface area (Å²) in [5.41, 5.74) is -2.07. The van der Waals surface area contributed by atoms with Gasteiger partial charge in [0.05, 0.1) is 11.3 Å². The number of thiol groups is 1. The molecule has 24 heavy (non-hydrogen) atoms. The highest BCUT2D eigenvalue weighted by atomic mass is 32.1. The average Bonchev–Trinajstić information content (AvgIpc) is 3.12. The number of hydrogen-bond donors (Lipinski definition) is 2. The van der Waals surface area contributed by atoms with Gasteiger partial charge in [-0.25, -0.2) is 14.0 Å². The van der Waals surface area contributed by atoms with E-state index in [9.17, 15) is 18.0 Å². The minimum atomic E-state index is -4.63. The van der Waals surface area contributed by atoms with E-state index in [2.05, 4.69) is 28.3 Å². The van der Waals surface area contributed by atoms with Gasteiger partial charge < -0.3 is 4.74 Å². The third-order valence-electron chi connectivity index (χ3n) is 3.07. The molecule has 8 nitrogen and oxygen atoms in total. The topological polar surface area (TPSA) is 90.6 Å². The standard InChI is InChI=1S/C12H9F3N6O2S/c13-12(14,15)8-2-1-3-9(21-11(22)16-18-19-21)7(8)6-23-10-4-5-20(24)17-10/h1-5,24H,6H2,(H,16,19,22). The third-order valence-corrected chi connectivity index (χ3v) is 3.30. The number of rotatable bonds is 4. The van der Waals surface area contributed by atoms with E-state index < -0.39 is 24.0 Å². The molecule has 12 heteroatoms. The molecule has 0 radical (unpaired) electrons. The van der Waals surface area contributed by atoms with Crippen LogP contribution in [0.3, 0.4) is 0 Å². The van der Waals surface area contributed by atoms with Crippen LogP contribution >= 0.6 is 12.8 Å². The summed E-state index contributed by atoms with van der Waals surface area (Å²) in [6.07, 6.45) is -3.18. The molecule has 0 aliphatic heterocycles. The lowest BCUT2D eigenvalue weighted by Crippen LogP contribution is -2.21. The number of aromatic nitrogens is 6. The molecule has 2 aromatic heterocycles. The van der Waals surface area contributed by atoms with E-state index in [1.807, 2.05) is 5.10 Å². The summed E-state index contributed by atoms with van der Waals surface area (Å²) in [7, 11) is 0. The van der Waals surface area contributed by atoms with Crippen LogP contribution in [0.5, 0.6) is 5.88 Å². The summed E-state index contributed by atoms with van der Waals surface area (Å²) in [4.78, 5) is 11.6. The van der Waals surface area contributed by atoms with Crippen LogP contribution in [-0.4, -0.2) is 29.4 Å². The van der Waals surface area contributed by atoms with Crippen molar-refractivity contribution in [1.82, 2.24) is 29.4 Å². The van der Waals surface area contributed by atoms with E-state index in [1.165, 1.54) is 24.4 Å². The van der Waals surface area contributed by atoms with Crippen molar-refractivity contribution < 1.29 is 17.9 Å². The lowest BCUT2D eigenvalue weighted by molar-refractivity contribution is -0.138. The van der Waals surface area contributed by atoms with E-state index in [1.54, 1.807) is 0 Å². The maximum absolute atomic E-state index is 13.3. The van der Waals surface area contributed by atoms with Crippen LogP contribution in [0.4, 0.5) is 13.2 Å². The Bertz CT molecular complexity index is 916. The Hall–Kier alpha value is -2.76. The van der Waals surface area contributed by atoms with Gasteiger partial charge in [0.2, 0.25) is 5.88 Å². The first-order valence-electron chi connectivity index (χ1n) is 6.44. The summed E-state index contributed by atoms with van der Waals surface area (Å²) in [6.45, 7) is -0.477. The van der Waals surface area contributed by atoms with Crippen molar-refractivity contribution in [1.29, 1.82) is 0 Å². The molecular formula is C12H9F3N6O2S. The van der Waals surface area contributed by atoms with Crippen molar-refractivity contribution in [3.8, 4) is 11.6 Å². The van der Waals surface area contributed by atoms with Crippen LogP contribution in [0.2, 0.25) is 0 Å². The minimum absolute atomic E-state index is 0.0837. The second kappa shape index (κ2) is 6.03. The molecule has 0 amide bonds. The Kier molecular flexibility index (Phi) is 4.05. The molecule has 0 saturated heterocycles. The monoisotopic (exact) mass is 358 g/mol. The number of tetrazole rings is 1. The van der Waals surface area contributed by atoms with Crippen LogP contribution in [-0.2, 0) is 12.8 Å². The van der Waals surface area contributed by atoms with Gasteiger partial charge in [-0.3, -0.25) is 0 Å². The Morgan fingerprint density at radius 1 is 1.29 bits per heavy atom. The van der Waals surface area contributed by atoms with Crippen molar-refractivity contribution in [2.75, 3.05) is 0 Å². The van der Waals surface area contributed by atoms with E-state index in [0.717, 1.165) is 14.8 Å². The summed E-state index contributed by atoms with van der Waals surface area (Å²) >= 11 is 3.91. The molecule has 1 N–H and O–H groups in total. The van der Waals surface area contributed by atoms with Crippen LogP contribution in [0.1, 0.15) is 11.1 Å². The molecule has 0 spiro atoms. The fraction of sp³-hybridized carbons (Fsp3) is 0.167. The lowest BCUT2D eigenvalue weighted by Gasteiger charge is -2.16. The first kappa shape index (κ1) is 16.1. The molecule has 3 aromatic rings. The number of aromatic amines is 1. The zero-order valence-electron chi connectivity index (χ0n) is 11.7. The molecule has 0 bridgehead atoms. The molecule has 0 saturated carbocycles. The number of H-pyrrole nitrogens is 1. The molecule has 126 valence electrons. The molecule has 2 heterocycles. The van der Waals surface area contributed by atoms with Crippen molar-refractivity contribution in [3.05, 3.63) is 52.1 Å². The first-order valence-corrected chi connectivity index (χ1v) is 6.84. The molecule has 0 fully saturated rings. The van der Waals surface area contributed by atoms with Crippen LogP contribution < -0.4 is 10.4 Å². The van der Waals surface area contributed by atoms with E-state index in [4.69, 9.17) is 4.74 Å². The number of nitrogens with one attached hydrogen (secondary N) is 1. The fourth-order valence-electron chi connectivity index (χ4n) is 2.07. The van der Waals surface area contributed by atoms with Gasteiger partial charge in [0, 0.05) is 17.8 Å². The highest BCUT2D eigenvalue weighted by Crippen LogP contribution is 2.34. The van der Waals surface area contributed by atoms with Crippen molar-refractivity contribution in [2.45, 2.75) is 12.8 Å². The number of nitrogens with zero attached hydrogens (tertiary/aromatic N) is 5. The van der Waals surface area contributed by atoms with Gasteiger partial charge in [0.1, 0.15) is 6.61 Å². The number of alkyl halides is 3. The molecule has 1 aromatic carbocycles. The normalized spacial score (nSPS) is 11.7. The van der Waals surface area contributed by atoms with Crippen molar-refractivity contribution in [3.63, 3.8) is 0 Å². The Morgan fingerprint density at radius 2 is 2.08 bits per heavy atom. The largest absolute Gasteiger partial charge is 0.472 e. The maximum atomic E-state index is 13.3. The summed E-state index contributed by atoms with van der Waals surface area (Å²) in [6, 6.07) is 4.82. The van der Waals surface area contributed by atoms with Gasteiger partial charge >= 0.3 is 11.9 Å². The van der Waals surface area contributed by atoms with Gasteiger partial charge in [0.15, 0.2) is 0 Å². The number of halogens is 3. The second-order valence-electron chi connectivity index (χ2n) is 4.58. The fourth-order valence-corrected chi connectivity index (χ4v) is 2.22. The predicted octanol–water partition coefficient (Wildman–Crippen LogP) is 1.44. The van der Waals surface area contributed by atoms with Crippen LogP contribution in [0, 0.1) is 0 Å². The molecule has 0 aliphatic rings. The highest BCUT2D eigenvalue weighted by molar-refractivity contribution is 7.78. The molecule has 0 unspecified atom stereocenters. The van der Waals surface area contributed by atoms with E-state index in [0.29, 0.717) is 0 Å². The Labute approximate surface area is 137 Å².